The van der Waals surface area contributed by atoms with E-state index in [0.717, 1.165) is 38.5 Å². The fourth-order valence-corrected chi connectivity index (χ4v) is 13.3. The van der Waals surface area contributed by atoms with Crippen molar-refractivity contribution in [2.45, 2.75) is 77.0 Å². The summed E-state index contributed by atoms with van der Waals surface area (Å²) < 4.78 is 0. The Labute approximate surface area is 363 Å². The summed E-state index contributed by atoms with van der Waals surface area (Å²) >= 11 is 0. The van der Waals surface area contributed by atoms with Crippen molar-refractivity contribution in [1.82, 2.24) is 0 Å². The molecule has 0 amide bonds. The van der Waals surface area contributed by atoms with Crippen molar-refractivity contribution in [3.8, 4) is 22.3 Å². The summed E-state index contributed by atoms with van der Waals surface area (Å²) in [6, 6.07) is 53.0. The van der Waals surface area contributed by atoms with Crippen LogP contribution in [-0.4, -0.2) is 0 Å². The van der Waals surface area contributed by atoms with Crippen LogP contribution in [0.5, 0.6) is 0 Å². The van der Waals surface area contributed by atoms with Gasteiger partial charge in [-0.1, -0.05) is 149 Å². The average Bonchev–Trinajstić information content (AvgIpc) is 3.94. The second-order valence-electron chi connectivity index (χ2n) is 20.0. The van der Waals surface area contributed by atoms with Crippen LogP contribution in [0, 0.1) is 0 Å². The van der Waals surface area contributed by atoms with Crippen LogP contribution in [0.2, 0.25) is 0 Å². The molecular formula is C62H48. The van der Waals surface area contributed by atoms with Gasteiger partial charge in [0.2, 0.25) is 0 Å². The van der Waals surface area contributed by atoms with E-state index >= 15 is 0 Å². The highest BCUT2D eigenvalue weighted by molar-refractivity contribution is 6.26. The zero-order valence-electron chi connectivity index (χ0n) is 36.1. The van der Waals surface area contributed by atoms with Crippen LogP contribution < -0.4 is 0 Å². The molecule has 10 aromatic rings. The van der Waals surface area contributed by atoms with Gasteiger partial charge in [0, 0.05) is 10.8 Å². The minimum absolute atomic E-state index is 0.243. The summed E-state index contributed by atoms with van der Waals surface area (Å²) in [5.41, 5.74) is 19.6. The van der Waals surface area contributed by atoms with Gasteiger partial charge in [-0.3, -0.25) is 0 Å². The molecular weight excluding hydrogens is 745 g/mol. The molecule has 10 aromatic carbocycles. The Kier molecular flexibility index (Phi) is 6.86. The molecule has 0 heteroatoms. The van der Waals surface area contributed by atoms with E-state index in [4.69, 9.17) is 0 Å². The fraction of sp³-hybridized carbons (Fsp3) is 0.194. The SMILES string of the molecule is CC1(C)c2cc3c(-c4ccc5c6c(cccc46)CC5)c4ccccc4c(-c4ccc5c6c(cccc46)CC5)c3cc2C(C)(C)c2cc3c(cc21)c1c(c2ccccc23)CCC=C1. The molecule has 0 aromatic heterocycles. The quantitative estimate of drug-likeness (QED) is 0.121. The standard InChI is InChI=1S/C62H48/c1-61(2)53-31-49-41-17-7-5-15-39(41)40-16-6-8-18-42(40)50(49)32-54(53)62(3,4)56-34-52-51(33-55(56)61)59(47-29-27-37-25-23-35-13-11-21-43(47)57(35)37)45-19-9-10-20-46(45)60(52)48-30-28-38-26-24-36-14-12-22-44(48)58(36)38/h5,7-15,17-22,27-34H,6,16,23-26H2,1-4H3. The van der Waals surface area contributed by atoms with Gasteiger partial charge < -0.3 is 0 Å². The maximum absolute atomic E-state index is 2.67. The van der Waals surface area contributed by atoms with E-state index in [2.05, 4.69) is 173 Å². The minimum Gasteiger partial charge on any atom is -0.0836 e. The highest BCUT2D eigenvalue weighted by atomic mass is 14.5. The van der Waals surface area contributed by atoms with Gasteiger partial charge in [0.1, 0.15) is 0 Å². The Morgan fingerprint density at radius 3 is 1.32 bits per heavy atom. The van der Waals surface area contributed by atoms with Gasteiger partial charge in [0.15, 0.2) is 0 Å². The number of allylic oxidation sites excluding steroid dienone is 1. The van der Waals surface area contributed by atoms with E-state index in [9.17, 15) is 0 Å². The Balaban J connectivity index is 1.14. The first-order chi connectivity index (χ1) is 30.3. The van der Waals surface area contributed by atoms with Crippen molar-refractivity contribution >= 4 is 70.7 Å². The third-order valence-corrected chi connectivity index (χ3v) is 16.3. The van der Waals surface area contributed by atoms with Crippen LogP contribution in [0.25, 0.3) is 93.0 Å². The lowest BCUT2D eigenvalue weighted by molar-refractivity contribution is 0.523. The van der Waals surface area contributed by atoms with E-state index in [1.165, 1.54) is 143 Å². The molecule has 296 valence electrons. The zero-order valence-corrected chi connectivity index (χ0v) is 36.1. The molecule has 0 radical (unpaired) electrons. The molecule has 0 aliphatic heterocycles. The first-order valence-electron chi connectivity index (χ1n) is 23.1. The van der Waals surface area contributed by atoms with Gasteiger partial charge in [-0.25, -0.2) is 0 Å². The fourth-order valence-electron chi connectivity index (χ4n) is 13.3. The van der Waals surface area contributed by atoms with Crippen molar-refractivity contribution in [2.75, 3.05) is 0 Å². The van der Waals surface area contributed by atoms with E-state index in [0.29, 0.717) is 0 Å². The molecule has 4 aliphatic carbocycles. The summed E-state index contributed by atoms with van der Waals surface area (Å²) in [7, 11) is 0. The van der Waals surface area contributed by atoms with Crippen LogP contribution in [0.1, 0.15) is 89.8 Å². The Bertz CT molecular complexity index is 3710. The summed E-state index contributed by atoms with van der Waals surface area (Å²) in [5, 5.41) is 16.7. The third-order valence-electron chi connectivity index (χ3n) is 16.3. The van der Waals surface area contributed by atoms with Gasteiger partial charge in [0.25, 0.3) is 0 Å². The molecule has 0 saturated carbocycles. The normalized spacial score (nSPS) is 16.5. The zero-order chi connectivity index (χ0) is 41.2. The van der Waals surface area contributed by atoms with Crippen molar-refractivity contribution in [3.63, 3.8) is 0 Å². The number of hydrogen-bond donors (Lipinski definition) is 0. The lowest BCUT2D eigenvalue weighted by atomic mass is 9.59. The Morgan fingerprint density at radius 2 is 0.790 bits per heavy atom. The molecule has 0 nitrogen and oxygen atoms in total. The molecule has 0 N–H and O–H groups in total. The molecule has 0 heterocycles. The van der Waals surface area contributed by atoms with Gasteiger partial charge >= 0.3 is 0 Å². The van der Waals surface area contributed by atoms with Crippen molar-refractivity contribution in [3.05, 3.63) is 195 Å². The number of fused-ring (bicyclic) bond motifs is 10. The summed E-state index contributed by atoms with van der Waals surface area (Å²) in [6.45, 7) is 10.0. The smallest absolute Gasteiger partial charge is 0.0153 e. The highest BCUT2D eigenvalue weighted by Gasteiger charge is 2.43. The maximum atomic E-state index is 2.67. The molecule has 0 atom stereocenters. The van der Waals surface area contributed by atoms with E-state index in [1.807, 2.05) is 0 Å². The van der Waals surface area contributed by atoms with Crippen molar-refractivity contribution in [1.29, 1.82) is 0 Å². The molecule has 0 unspecified atom stereocenters. The molecule has 4 aliphatic rings. The summed E-state index contributed by atoms with van der Waals surface area (Å²) in [4.78, 5) is 0. The van der Waals surface area contributed by atoms with Crippen LogP contribution >= 0.6 is 0 Å². The van der Waals surface area contributed by atoms with Gasteiger partial charge in [-0.05, 0) is 205 Å². The summed E-state index contributed by atoms with van der Waals surface area (Å²) in [5.74, 6) is 0. The van der Waals surface area contributed by atoms with E-state index < -0.39 is 0 Å². The van der Waals surface area contributed by atoms with Crippen molar-refractivity contribution < 1.29 is 0 Å². The average molecular weight is 793 g/mol. The molecule has 0 spiro atoms. The second-order valence-corrected chi connectivity index (χ2v) is 20.0. The van der Waals surface area contributed by atoms with E-state index in [-0.39, 0.29) is 10.8 Å². The van der Waals surface area contributed by atoms with Gasteiger partial charge in [0.05, 0.1) is 0 Å². The summed E-state index contributed by atoms with van der Waals surface area (Å²) in [6.07, 6.45) is 11.5. The third kappa shape index (κ3) is 4.43. The number of hydrogen-bond acceptors (Lipinski definition) is 0. The monoisotopic (exact) mass is 792 g/mol. The molecule has 62 heavy (non-hydrogen) atoms. The van der Waals surface area contributed by atoms with Crippen LogP contribution in [0.4, 0.5) is 0 Å². The maximum Gasteiger partial charge on any atom is 0.0153 e. The highest BCUT2D eigenvalue weighted by Crippen LogP contribution is 2.56. The van der Waals surface area contributed by atoms with Crippen LogP contribution in [0.3, 0.4) is 0 Å². The Hall–Kier alpha value is -6.50. The number of benzene rings is 10. The molecule has 14 rings (SSSR count). The number of rotatable bonds is 2. The molecule has 0 fully saturated rings. The Morgan fingerprint density at radius 1 is 0.355 bits per heavy atom. The lowest BCUT2D eigenvalue weighted by Crippen LogP contribution is -2.36. The van der Waals surface area contributed by atoms with Gasteiger partial charge in [-0.15, -0.1) is 0 Å². The molecule has 0 saturated heterocycles. The predicted molar refractivity (Wildman–Crippen MR) is 265 cm³/mol. The second kappa shape index (κ2) is 12.1. The largest absolute Gasteiger partial charge is 0.0836 e. The lowest BCUT2D eigenvalue weighted by Gasteiger charge is -2.45. The predicted octanol–water partition coefficient (Wildman–Crippen LogP) is 16.1. The first kappa shape index (κ1) is 35.1. The van der Waals surface area contributed by atoms with E-state index in [1.54, 1.807) is 0 Å². The van der Waals surface area contributed by atoms with Gasteiger partial charge in [-0.2, -0.15) is 0 Å². The number of aryl methyl sites for hydroxylation is 5. The van der Waals surface area contributed by atoms with Crippen molar-refractivity contribution in [2.24, 2.45) is 0 Å². The topological polar surface area (TPSA) is 0 Å². The van der Waals surface area contributed by atoms with Crippen LogP contribution in [-0.2, 0) is 42.9 Å². The molecule has 0 bridgehead atoms. The van der Waals surface area contributed by atoms with Crippen LogP contribution in [0.15, 0.2) is 140 Å². The minimum atomic E-state index is -0.248. The first-order valence-corrected chi connectivity index (χ1v) is 23.1.